The molecular weight excluding hydrogens is 118 g/mol. The van der Waals surface area contributed by atoms with E-state index in [1.807, 2.05) is 0 Å². The number of nitrogens with one attached hydrogen (secondary N) is 1. The van der Waals surface area contributed by atoms with Crippen molar-refractivity contribution in [3.8, 4) is 0 Å². The highest BCUT2D eigenvalue weighted by atomic mass is 16.3. The molecule has 0 heterocycles. The summed E-state index contributed by atoms with van der Waals surface area (Å²) in [4.78, 5) is 9.88. The van der Waals surface area contributed by atoms with Crippen LogP contribution in [0.2, 0.25) is 0 Å². The van der Waals surface area contributed by atoms with Gasteiger partial charge in [0.15, 0.2) is 0 Å². The summed E-state index contributed by atoms with van der Waals surface area (Å²) >= 11 is 0. The van der Waals surface area contributed by atoms with Gasteiger partial charge in [0.05, 0.1) is 12.1 Å². The van der Waals surface area contributed by atoms with Crippen LogP contribution >= 0.6 is 0 Å². The van der Waals surface area contributed by atoms with Crippen molar-refractivity contribution in [2.45, 2.75) is 31.4 Å². The normalized spacial score (nSPS) is 34.3. The summed E-state index contributed by atoms with van der Waals surface area (Å²) in [7, 11) is 0. The predicted octanol–water partition coefficient (Wildman–Crippen LogP) is -0.354. The summed E-state index contributed by atoms with van der Waals surface area (Å²) in [6.07, 6.45) is 3.10. The lowest BCUT2D eigenvalue weighted by molar-refractivity contribution is -0.110. The number of hydrogen-bond acceptors (Lipinski definition) is 2. The Morgan fingerprint density at radius 2 is 2.33 bits per heavy atom. The molecule has 9 heavy (non-hydrogen) atoms. The minimum Gasteiger partial charge on any atom is -0.391 e. The van der Waals surface area contributed by atoms with Crippen LogP contribution in [0.5, 0.6) is 0 Å². The summed E-state index contributed by atoms with van der Waals surface area (Å²) in [6.45, 7) is 0. The average Bonchev–Trinajstić information content (AvgIpc) is 2.18. The van der Waals surface area contributed by atoms with E-state index in [4.69, 9.17) is 5.11 Å². The number of carbonyl (C=O) groups excluding carboxylic acids is 1. The van der Waals surface area contributed by atoms with Crippen molar-refractivity contribution in [2.75, 3.05) is 0 Å². The van der Waals surface area contributed by atoms with Crippen LogP contribution in [-0.2, 0) is 4.79 Å². The smallest absolute Gasteiger partial charge is 0.207 e. The Kier molecular flexibility index (Phi) is 2.05. The number of carbonyl (C=O) groups is 1. The molecule has 1 fully saturated rings. The molecule has 0 bridgehead atoms. The van der Waals surface area contributed by atoms with Crippen LogP contribution in [0.4, 0.5) is 0 Å². The van der Waals surface area contributed by atoms with Gasteiger partial charge in [0, 0.05) is 0 Å². The van der Waals surface area contributed by atoms with Gasteiger partial charge >= 0.3 is 0 Å². The van der Waals surface area contributed by atoms with E-state index in [9.17, 15) is 4.79 Å². The molecule has 0 unspecified atom stereocenters. The predicted molar refractivity (Wildman–Crippen MR) is 32.8 cm³/mol. The summed E-state index contributed by atoms with van der Waals surface area (Å²) < 4.78 is 0. The van der Waals surface area contributed by atoms with Crippen molar-refractivity contribution in [3.05, 3.63) is 0 Å². The van der Waals surface area contributed by atoms with Crippen molar-refractivity contribution in [3.63, 3.8) is 0 Å². The standard InChI is InChI=1S/C6H11NO2/c8-4-7-5-2-1-3-6(5)9/h4-6,9H,1-3H2,(H,7,8)/t5-,6-/m1/s1. The molecule has 2 atom stereocenters. The molecule has 1 aliphatic rings. The second kappa shape index (κ2) is 2.82. The van der Waals surface area contributed by atoms with Gasteiger partial charge in [-0.25, -0.2) is 0 Å². The Hall–Kier alpha value is -0.570. The lowest BCUT2D eigenvalue weighted by atomic mass is 10.2. The van der Waals surface area contributed by atoms with Crippen molar-refractivity contribution < 1.29 is 9.90 Å². The monoisotopic (exact) mass is 129 g/mol. The molecule has 0 spiro atoms. The maximum atomic E-state index is 9.88. The molecule has 3 nitrogen and oxygen atoms in total. The topological polar surface area (TPSA) is 49.3 Å². The molecule has 1 rings (SSSR count). The Morgan fingerprint density at radius 1 is 1.56 bits per heavy atom. The van der Waals surface area contributed by atoms with E-state index in [1.165, 1.54) is 0 Å². The van der Waals surface area contributed by atoms with E-state index in [2.05, 4.69) is 5.32 Å². The van der Waals surface area contributed by atoms with E-state index in [-0.39, 0.29) is 12.1 Å². The minimum atomic E-state index is -0.310. The first-order valence-electron chi connectivity index (χ1n) is 3.22. The highest BCUT2D eigenvalue weighted by Crippen LogP contribution is 2.17. The Labute approximate surface area is 54.1 Å². The second-order valence-electron chi connectivity index (χ2n) is 2.39. The largest absolute Gasteiger partial charge is 0.391 e. The fourth-order valence-corrected chi connectivity index (χ4v) is 1.22. The SMILES string of the molecule is O=CN[C@@H]1CCC[C@H]1O. The molecular formula is C6H11NO2. The Balaban J connectivity index is 2.30. The lowest BCUT2D eigenvalue weighted by Gasteiger charge is -2.11. The zero-order valence-electron chi connectivity index (χ0n) is 5.21. The minimum absolute atomic E-state index is 0.0162. The van der Waals surface area contributed by atoms with E-state index in [1.54, 1.807) is 0 Å². The summed E-state index contributed by atoms with van der Waals surface area (Å²) in [5.74, 6) is 0. The summed E-state index contributed by atoms with van der Waals surface area (Å²) in [6, 6.07) is 0.0162. The van der Waals surface area contributed by atoms with Gasteiger partial charge < -0.3 is 10.4 Å². The molecule has 0 aromatic heterocycles. The number of aliphatic hydroxyl groups excluding tert-OH is 1. The van der Waals surface area contributed by atoms with Crippen molar-refractivity contribution in [1.29, 1.82) is 0 Å². The number of hydrogen-bond donors (Lipinski definition) is 2. The highest BCUT2D eigenvalue weighted by molar-refractivity contribution is 5.46. The first-order valence-corrected chi connectivity index (χ1v) is 3.22. The van der Waals surface area contributed by atoms with Crippen LogP contribution in [0.15, 0.2) is 0 Å². The van der Waals surface area contributed by atoms with Crippen LogP contribution in [0.25, 0.3) is 0 Å². The van der Waals surface area contributed by atoms with Gasteiger partial charge in [-0.1, -0.05) is 0 Å². The average molecular weight is 129 g/mol. The molecule has 0 aromatic rings. The quantitative estimate of drug-likeness (QED) is 0.500. The molecule has 2 N–H and O–H groups in total. The van der Waals surface area contributed by atoms with E-state index >= 15 is 0 Å². The molecule has 3 heteroatoms. The molecule has 52 valence electrons. The van der Waals surface area contributed by atoms with Crippen LogP contribution in [-0.4, -0.2) is 23.7 Å². The summed E-state index contributed by atoms with van der Waals surface area (Å²) in [5.41, 5.74) is 0. The maximum absolute atomic E-state index is 9.88. The number of amides is 1. The van der Waals surface area contributed by atoms with Gasteiger partial charge in [-0.3, -0.25) is 4.79 Å². The van der Waals surface area contributed by atoms with Crippen molar-refractivity contribution in [2.24, 2.45) is 0 Å². The van der Waals surface area contributed by atoms with Gasteiger partial charge in [0.2, 0.25) is 6.41 Å². The van der Waals surface area contributed by atoms with E-state index in [0.29, 0.717) is 6.41 Å². The first-order chi connectivity index (χ1) is 4.34. The zero-order chi connectivity index (χ0) is 6.69. The third-order valence-corrected chi connectivity index (χ3v) is 1.76. The van der Waals surface area contributed by atoms with Gasteiger partial charge in [0.1, 0.15) is 0 Å². The van der Waals surface area contributed by atoms with Crippen LogP contribution in [0.1, 0.15) is 19.3 Å². The Bertz CT molecular complexity index is 105. The Morgan fingerprint density at radius 3 is 2.78 bits per heavy atom. The van der Waals surface area contributed by atoms with Crippen LogP contribution in [0, 0.1) is 0 Å². The molecule has 1 aliphatic carbocycles. The molecule has 1 amide bonds. The lowest BCUT2D eigenvalue weighted by Crippen LogP contribution is -2.34. The third-order valence-electron chi connectivity index (χ3n) is 1.76. The van der Waals surface area contributed by atoms with Gasteiger partial charge in [-0.2, -0.15) is 0 Å². The fraction of sp³-hybridized carbons (Fsp3) is 0.833. The highest BCUT2D eigenvalue weighted by Gasteiger charge is 2.23. The van der Waals surface area contributed by atoms with Crippen molar-refractivity contribution in [1.82, 2.24) is 5.32 Å². The second-order valence-corrected chi connectivity index (χ2v) is 2.39. The zero-order valence-corrected chi connectivity index (χ0v) is 5.21. The third kappa shape index (κ3) is 1.42. The molecule has 0 radical (unpaired) electrons. The van der Waals surface area contributed by atoms with Gasteiger partial charge in [0.25, 0.3) is 0 Å². The van der Waals surface area contributed by atoms with Crippen molar-refractivity contribution >= 4 is 6.41 Å². The van der Waals surface area contributed by atoms with E-state index in [0.717, 1.165) is 19.3 Å². The van der Waals surface area contributed by atoms with Gasteiger partial charge in [-0.15, -0.1) is 0 Å². The molecule has 1 saturated carbocycles. The molecule has 0 aliphatic heterocycles. The summed E-state index contributed by atoms with van der Waals surface area (Å²) in [5, 5.41) is 11.7. The maximum Gasteiger partial charge on any atom is 0.207 e. The van der Waals surface area contributed by atoms with Crippen LogP contribution in [0.3, 0.4) is 0 Å². The number of rotatable bonds is 2. The first kappa shape index (κ1) is 6.55. The van der Waals surface area contributed by atoms with Crippen LogP contribution < -0.4 is 5.32 Å². The molecule has 0 saturated heterocycles. The van der Waals surface area contributed by atoms with E-state index < -0.39 is 0 Å². The fourth-order valence-electron chi connectivity index (χ4n) is 1.22. The van der Waals surface area contributed by atoms with Gasteiger partial charge in [-0.05, 0) is 19.3 Å². The number of aliphatic hydroxyl groups is 1. The molecule has 0 aromatic carbocycles.